The highest BCUT2D eigenvalue weighted by atomic mass is 16.5. The Morgan fingerprint density at radius 3 is 1.64 bits per heavy atom. The number of esters is 1. The number of hydrogen-bond donors (Lipinski definition) is 0. The highest BCUT2D eigenvalue weighted by Gasteiger charge is 2.15. The van der Waals surface area contributed by atoms with E-state index < -0.39 is 0 Å². The number of unbranched alkanes of at least 4 members (excludes halogenated alkanes) is 10. The van der Waals surface area contributed by atoms with E-state index in [1.807, 2.05) is 0 Å². The van der Waals surface area contributed by atoms with Gasteiger partial charge >= 0.3 is 5.97 Å². The molecule has 3 nitrogen and oxygen atoms in total. The lowest BCUT2D eigenvalue weighted by molar-refractivity contribution is -0.143. The van der Waals surface area contributed by atoms with Gasteiger partial charge < -0.3 is 4.74 Å². The highest BCUT2D eigenvalue weighted by molar-refractivity contribution is 5.78. The molecule has 0 bridgehead atoms. The lowest BCUT2D eigenvalue weighted by atomic mass is 9.97. The van der Waals surface area contributed by atoms with Crippen LogP contribution in [0.1, 0.15) is 97.8 Å². The van der Waals surface area contributed by atoms with Crippen molar-refractivity contribution >= 4 is 11.8 Å². The third-order valence-electron chi connectivity index (χ3n) is 4.22. The van der Waals surface area contributed by atoms with Gasteiger partial charge in [-0.1, -0.05) is 77.6 Å². The number of carbonyl (C=O) groups is 2. The summed E-state index contributed by atoms with van der Waals surface area (Å²) in [7, 11) is 0. The fourth-order valence-corrected chi connectivity index (χ4v) is 2.68. The monoisotopic (exact) mass is 312 g/mol. The third-order valence-corrected chi connectivity index (χ3v) is 4.22. The molecule has 0 aromatic rings. The maximum atomic E-state index is 11.5. The molecule has 0 aromatic heterocycles. The Hall–Kier alpha value is -0.860. The molecule has 0 N–H and O–H groups in total. The van der Waals surface area contributed by atoms with Crippen molar-refractivity contribution in [3.63, 3.8) is 0 Å². The maximum absolute atomic E-state index is 11.5. The molecule has 130 valence electrons. The molecule has 0 aliphatic heterocycles. The Bertz CT molecular complexity index is 286. The smallest absolute Gasteiger partial charge is 0.302 e. The fraction of sp³-hybridized carbons (Fsp3) is 0.895. The first kappa shape index (κ1) is 21.1. The number of Topliss-reactive ketones (excluding diaryl/α,β-unsaturated/α-hetero) is 1. The molecule has 0 saturated heterocycles. The lowest BCUT2D eigenvalue weighted by Crippen LogP contribution is -2.19. The molecule has 0 fully saturated rings. The molecule has 3 heteroatoms. The van der Waals surface area contributed by atoms with Crippen LogP contribution in [-0.4, -0.2) is 18.4 Å². The van der Waals surface area contributed by atoms with Crippen molar-refractivity contribution in [3.05, 3.63) is 0 Å². The van der Waals surface area contributed by atoms with E-state index in [0.717, 1.165) is 12.8 Å². The summed E-state index contributed by atoms with van der Waals surface area (Å²) in [6.07, 6.45) is 15.2. The van der Waals surface area contributed by atoms with E-state index in [1.165, 1.54) is 71.1 Å². The Labute approximate surface area is 137 Å². The van der Waals surface area contributed by atoms with Gasteiger partial charge in [-0.15, -0.1) is 0 Å². The van der Waals surface area contributed by atoms with Gasteiger partial charge in [0.1, 0.15) is 12.4 Å². The zero-order valence-corrected chi connectivity index (χ0v) is 15.0. The first-order valence-corrected chi connectivity index (χ1v) is 9.21. The molecule has 0 aromatic carbocycles. The van der Waals surface area contributed by atoms with Gasteiger partial charge in [-0.25, -0.2) is 0 Å². The van der Waals surface area contributed by atoms with Gasteiger partial charge in [0.15, 0.2) is 0 Å². The Morgan fingerprint density at radius 2 is 1.23 bits per heavy atom. The van der Waals surface area contributed by atoms with E-state index in [9.17, 15) is 9.59 Å². The molecule has 22 heavy (non-hydrogen) atoms. The van der Waals surface area contributed by atoms with Crippen LogP contribution in [0.4, 0.5) is 0 Å². The minimum atomic E-state index is -0.301. The number of hydrogen-bond acceptors (Lipinski definition) is 3. The Balaban J connectivity index is 3.42. The van der Waals surface area contributed by atoms with Crippen LogP contribution in [0.15, 0.2) is 0 Å². The number of rotatable bonds is 15. The largest absolute Gasteiger partial charge is 0.465 e. The molecule has 0 saturated carbocycles. The van der Waals surface area contributed by atoms with Crippen LogP contribution in [0.3, 0.4) is 0 Å². The zero-order valence-electron chi connectivity index (χ0n) is 15.0. The summed E-state index contributed by atoms with van der Waals surface area (Å²) >= 11 is 0. The summed E-state index contributed by atoms with van der Waals surface area (Å²) in [5, 5.41) is 0. The average Bonchev–Trinajstić information content (AvgIpc) is 2.47. The van der Waals surface area contributed by atoms with Crippen LogP contribution in [0.2, 0.25) is 0 Å². The van der Waals surface area contributed by atoms with Gasteiger partial charge in [0.05, 0.1) is 5.92 Å². The number of ether oxygens (including phenoxy) is 1. The molecule has 0 rings (SSSR count). The van der Waals surface area contributed by atoms with Gasteiger partial charge in [-0.2, -0.15) is 0 Å². The first-order chi connectivity index (χ1) is 10.6. The lowest BCUT2D eigenvalue weighted by Gasteiger charge is -2.13. The second kappa shape index (κ2) is 15.1. The molecular formula is C19H36O3. The van der Waals surface area contributed by atoms with Gasteiger partial charge in [-0.3, -0.25) is 9.59 Å². The van der Waals surface area contributed by atoms with Gasteiger partial charge in [0.25, 0.3) is 0 Å². The maximum Gasteiger partial charge on any atom is 0.302 e. The van der Waals surface area contributed by atoms with E-state index in [0.29, 0.717) is 0 Å². The Kier molecular flexibility index (Phi) is 14.5. The quantitative estimate of drug-likeness (QED) is 0.298. The Morgan fingerprint density at radius 1 is 0.773 bits per heavy atom. The molecule has 1 atom stereocenters. The summed E-state index contributed by atoms with van der Waals surface area (Å²) in [6, 6.07) is 0. The summed E-state index contributed by atoms with van der Waals surface area (Å²) in [4.78, 5) is 22.3. The van der Waals surface area contributed by atoms with Crippen LogP contribution < -0.4 is 0 Å². The van der Waals surface area contributed by atoms with E-state index in [2.05, 4.69) is 6.92 Å². The van der Waals surface area contributed by atoms with Gasteiger partial charge in [0.2, 0.25) is 0 Å². The molecule has 0 spiro atoms. The van der Waals surface area contributed by atoms with Crippen LogP contribution in [-0.2, 0) is 14.3 Å². The molecular weight excluding hydrogens is 276 g/mol. The van der Waals surface area contributed by atoms with Crippen LogP contribution >= 0.6 is 0 Å². The summed E-state index contributed by atoms with van der Waals surface area (Å²) in [5.41, 5.74) is 0. The van der Waals surface area contributed by atoms with Crippen molar-refractivity contribution < 1.29 is 14.3 Å². The van der Waals surface area contributed by atoms with Crippen molar-refractivity contribution in [2.24, 2.45) is 5.92 Å². The first-order valence-electron chi connectivity index (χ1n) is 9.21. The summed E-state index contributed by atoms with van der Waals surface area (Å²) < 4.78 is 4.96. The van der Waals surface area contributed by atoms with Crippen molar-refractivity contribution in [1.29, 1.82) is 0 Å². The normalized spacial score (nSPS) is 12.1. The fourth-order valence-electron chi connectivity index (χ4n) is 2.68. The minimum absolute atomic E-state index is 0.109. The summed E-state index contributed by atoms with van der Waals surface area (Å²) in [6.45, 7) is 5.48. The second-order valence-electron chi connectivity index (χ2n) is 6.43. The molecule has 0 aliphatic carbocycles. The third kappa shape index (κ3) is 14.1. The molecule has 0 heterocycles. The van der Waals surface area contributed by atoms with Crippen molar-refractivity contribution in [1.82, 2.24) is 0 Å². The van der Waals surface area contributed by atoms with E-state index >= 15 is 0 Å². The molecule has 0 radical (unpaired) electrons. The molecule has 0 amide bonds. The SMILES string of the molecule is CCCCCCCCCCCCCC(COC(C)=O)C(C)=O. The zero-order chi connectivity index (χ0) is 16.6. The highest BCUT2D eigenvalue weighted by Crippen LogP contribution is 2.15. The standard InChI is InChI=1S/C19H36O3/c1-4-5-6-7-8-9-10-11-12-13-14-15-19(17(2)20)16-22-18(3)21/h19H,4-16H2,1-3H3. The van der Waals surface area contributed by atoms with E-state index in [4.69, 9.17) is 4.74 Å². The average molecular weight is 312 g/mol. The number of ketones is 1. The number of carbonyl (C=O) groups excluding carboxylic acids is 2. The topological polar surface area (TPSA) is 43.4 Å². The van der Waals surface area contributed by atoms with Crippen LogP contribution in [0.5, 0.6) is 0 Å². The van der Waals surface area contributed by atoms with Crippen molar-refractivity contribution in [3.8, 4) is 0 Å². The van der Waals surface area contributed by atoms with Crippen LogP contribution in [0.25, 0.3) is 0 Å². The molecule has 1 unspecified atom stereocenters. The van der Waals surface area contributed by atoms with Gasteiger partial charge in [-0.05, 0) is 13.3 Å². The summed E-state index contributed by atoms with van der Waals surface area (Å²) in [5.74, 6) is -0.277. The molecule has 0 aliphatic rings. The van der Waals surface area contributed by atoms with E-state index in [1.54, 1.807) is 6.92 Å². The van der Waals surface area contributed by atoms with Crippen LogP contribution in [0, 0.1) is 5.92 Å². The van der Waals surface area contributed by atoms with Crippen molar-refractivity contribution in [2.45, 2.75) is 97.8 Å². The van der Waals surface area contributed by atoms with Gasteiger partial charge in [0, 0.05) is 6.92 Å². The van der Waals surface area contributed by atoms with Crippen molar-refractivity contribution in [2.75, 3.05) is 6.61 Å². The second-order valence-corrected chi connectivity index (χ2v) is 6.43. The predicted octanol–water partition coefficient (Wildman–Crippen LogP) is 5.46. The predicted molar refractivity (Wildman–Crippen MR) is 91.9 cm³/mol. The van der Waals surface area contributed by atoms with E-state index in [-0.39, 0.29) is 24.3 Å². The minimum Gasteiger partial charge on any atom is -0.465 e.